The number of thioether (sulfide) groups is 1. The van der Waals surface area contributed by atoms with Gasteiger partial charge in [-0.25, -0.2) is 4.68 Å². The number of nitrogens with zero attached hydrogens (tertiary/aromatic N) is 3. The van der Waals surface area contributed by atoms with E-state index in [9.17, 15) is 4.79 Å². The summed E-state index contributed by atoms with van der Waals surface area (Å²) in [5.74, 6) is 7.57. The topological polar surface area (TPSA) is 85.8 Å². The standard InChI is InChI=1S/C21H31N5OS/c1-13-10-16(21(3,4)5)11-14(2)17(13)8-9-23-18(27)12-28-20-25-24-19(26(20)22)15-6-7-15/h10-11,15H,6-9,12,22H2,1-5H3,(H,23,27). The molecule has 1 aliphatic carbocycles. The minimum Gasteiger partial charge on any atom is -0.355 e. The number of carbonyl (C=O) groups excluding carboxylic acids is 1. The lowest BCUT2D eigenvalue weighted by Crippen LogP contribution is -2.28. The van der Waals surface area contributed by atoms with Gasteiger partial charge in [-0.3, -0.25) is 4.79 Å². The number of hydrogen-bond acceptors (Lipinski definition) is 5. The predicted octanol–water partition coefficient (Wildman–Crippen LogP) is 3.23. The second-order valence-corrected chi connectivity index (χ2v) is 9.65. The van der Waals surface area contributed by atoms with Crippen LogP contribution in [-0.4, -0.2) is 33.1 Å². The molecule has 0 radical (unpaired) electrons. The Kier molecular flexibility index (Phi) is 6.03. The highest BCUT2D eigenvalue weighted by atomic mass is 32.2. The van der Waals surface area contributed by atoms with E-state index in [0.29, 0.717) is 23.4 Å². The summed E-state index contributed by atoms with van der Waals surface area (Å²) >= 11 is 1.33. The maximum atomic E-state index is 12.2. The summed E-state index contributed by atoms with van der Waals surface area (Å²) < 4.78 is 1.53. The first kappa shape index (κ1) is 20.7. The number of nitrogens with one attached hydrogen (secondary N) is 1. The van der Waals surface area contributed by atoms with Crippen molar-refractivity contribution in [1.82, 2.24) is 20.2 Å². The van der Waals surface area contributed by atoms with Gasteiger partial charge in [0.25, 0.3) is 0 Å². The molecule has 6 nitrogen and oxygen atoms in total. The monoisotopic (exact) mass is 401 g/mol. The van der Waals surface area contributed by atoms with E-state index in [4.69, 9.17) is 5.84 Å². The van der Waals surface area contributed by atoms with Crippen molar-refractivity contribution in [2.45, 2.75) is 70.4 Å². The summed E-state index contributed by atoms with van der Waals surface area (Å²) in [5.41, 5.74) is 5.39. The van der Waals surface area contributed by atoms with Gasteiger partial charge in [-0.2, -0.15) is 0 Å². The lowest BCUT2D eigenvalue weighted by atomic mass is 9.83. The van der Waals surface area contributed by atoms with Crippen LogP contribution in [0.3, 0.4) is 0 Å². The van der Waals surface area contributed by atoms with Crippen LogP contribution in [0.5, 0.6) is 0 Å². The van der Waals surface area contributed by atoms with E-state index in [1.807, 2.05) is 0 Å². The first-order valence-electron chi connectivity index (χ1n) is 9.87. The number of amides is 1. The Hall–Kier alpha value is -2.02. The van der Waals surface area contributed by atoms with Gasteiger partial charge in [0.05, 0.1) is 5.75 Å². The van der Waals surface area contributed by atoms with E-state index in [2.05, 4.69) is 62.3 Å². The molecule has 1 amide bonds. The molecule has 7 heteroatoms. The summed E-state index contributed by atoms with van der Waals surface area (Å²) in [5, 5.41) is 11.8. The molecule has 152 valence electrons. The molecule has 1 heterocycles. The Bertz CT molecular complexity index is 841. The van der Waals surface area contributed by atoms with Gasteiger partial charge in [0, 0.05) is 12.5 Å². The van der Waals surface area contributed by atoms with Gasteiger partial charge >= 0.3 is 0 Å². The van der Waals surface area contributed by atoms with Crippen LogP contribution in [-0.2, 0) is 16.6 Å². The summed E-state index contributed by atoms with van der Waals surface area (Å²) in [7, 11) is 0. The molecule has 28 heavy (non-hydrogen) atoms. The Morgan fingerprint density at radius 3 is 2.46 bits per heavy atom. The van der Waals surface area contributed by atoms with Crippen LogP contribution in [0, 0.1) is 13.8 Å². The molecule has 0 bridgehead atoms. The molecule has 1 fully saturated rings. The van der Waals surface area contributed by atoms with Crippen LogP contribution in [0.4, 0.5) is 0 Å². The predicted molar refractivity (Wildman–Crippen MR) is 114 cm³/mol. The average molecular weight is 402 g/mol. The number of aromatic nitrogens is 3. The molecule has 0 aliphatic heterocycles. The highest BCUT2D eigenvalue weighted by molar-refractivity contribution is 7.99. The minimum atomic E-state index is -0.0115. The third kappa shape index (κ3) is 4.87. The van der Waals surface area contributed by atoms with Crippen LogP contribution >= 0.6 is 11.8 Å². The molecule has 3 rings (SSSR count). The molecule has 1 saturated carbocycles. The largest absolute Gasteiger partial charge is 0.355 e. The fraction of sp³-hybridized carbons (Fsp3) is 0.571. The van der Waals surface area contributed by atoms with E-state index in [1.54, 1.807) is 0 Å². The Morgan fingerprint density at radius 2 is 1.89 bits per heavy atom. The summed E-state index contributed by atoms with van der Waals surface area (Å²) in [4.78, 5) is 12.2. The van der Waals surface area contributed by atoms with E-state index >= 15 is 0 Å². The smallest absolute Gasteiger partial charge is 0.230 e. The van der Waals surface area contributed by atoms with E-state index in [1.165, 1.54) is 38.7 Å². The average Bonchev–Trinajstić information content (AvgIpc) is 3.38. The van der Waals surface area contributed by atoms with Crippen molar-refractivity contribution in [3.8, 4) is 0 Å². The summed E-state index contributed by atoms with van der Waals surface area (Å²) in [6.07, 6.45) is 3.07. The summed E-state index contributed by atoms with van der Waals surface area (Å²) in [6, 6.07) is 4.54. The van der Waals surface area contributed by atoms with Crippen molar-refractivity contribution >= 4 is 17.7 Å². The third-order valence-corrected chi connectivity index (χ3v) is 6.17. The van der Waals surface area contributed by atoms with Crippen LogP contribution in [0.1, 0.15) is 67.6 Å². The number of aryl methyl sites for hydroxylation is 2. The quantitative estimate of drug-likeness (QED) is 0.549. The minimum absolute atomic E-state index is 0.0115. The van der Waals surface area contributed by atoms with E-state index in [-0.39, 0.29) is 11.3 Å². The highest BCUT2D eigenvalue weighted by Crippen LogP contribution is 2.39. The molecule has 2 aromatic rings. The molecular weight excluding hydrogens is 370 g/mol. The van der Waals surface area contributed by atoms with Crippen LogP contribution in [0.15, 0.2) is 17.3 Å². The fourth-order valence-corrected chi connectivity index (χ4v) is 4.03. The van der Waals surface area contributed by atoms with Gasteiger partial charge in [0.1, 0.15) is 0 Å². The molecule has 0 saturated heterocycles. The molecule has 1 aromatic heterocycles. The molecule has 1 aromatic carbocycles. The molecule has 3 N–H and O–H groups in total. The first-order chi connectivity index (χ1) is 13.2. The first-order valence-corrected chi connectivity index (χ1v) is 10.9. The van der Waals surface area contributed by atoms with Crippen LogP contribution in [0.2, 0.25) is 0 Å². The van der Waals surface area contributed by atoms with E-state index in [0.717, 1.165) is 25.1 Å². The zero-order valence-electron chi connectivity index (χ0n) is 17.5. The van der Waals surface area contributed by atoms with E-state index < -0.39 is 0 Å². The van der Waals surface area contributed by atoms with Crippen molar-refractivity contribution in [2.75, 3.05) is 18.1 Å². The number of hydrogen-bond donors (Lipinski definition) is 2. The van der Waals surface area contributed by atoms with Crippen LogP contribution in [0.25, 0.3) is 0 Å². The number of rotatable bonds is 7. The second kappa shape index (κ2) is 8.15. The van der Waals surface area contributed by atoms with Gasteiger partial charge in [0.2, 0.25) is 11.1 Å². The van der Waals surface area contributed by atoms with Crippen LogP contribution < -0.4 is 11.2 Å². The van der Waals surface area contributed by atoms with Crippen molar-refractivity contribution in [3.05, 3.63) is 40.2 Å². The molecule has 0 atom stereocenters. The zero-order chi connectivity index (χ0) is 20.5. The Balaban J connectivity index is 1.49. The molecular formula is C21H31N5OS. The van der Waals surface area contributed by atoms with Crippen molar-refractivity contribution in [1.29, 1.82) is 0 Å². The van der Waals surface area contributed by atoms with Gasteiger partial charge < -0.3 is 11.2 Å². The Morgan fingerprint density at radius 1 is 1.25 bits per heavy atom. The maximum absolute atomic E-state index is 12.2. The van der Waals surface area contributed by atoms with Gasteiger partial charge in [-0.15, -0.1) is 10.2 Å². The van der Waals surface area contributed by atoms with Crippen molar-refractivity contribution < 1.29 is 4.79 Å². The van der Waals surface area contributed by atoms with Crippen molar-refractivity contribution in [3.63, 3.8) is 0 Å². The number of nitrogen functional groups attached to an aromatic ring is 1. The SMILES string of the molecule is Cc1cc(C(C)(C)C)cc(C)c1CCNC(=O)CSc1nnc(C2CC2)n1N. The maximum Gasteiger partial charge on any atom is 0.230 e. The molecule has 1 aliphatic rings. The lowest BCUT2D eigenvalue weighted by Gasteiger charge is -2.22. The lowest BCUT2D eigenvalue weighted by molar-refractivity contribution is -0.118. The number of benzene rings is 1. The molecule has 0 spiro atoms. The normalized spacial score (nSPS) is 14.3. The molecule has 0 unspecified atom stereocenters. The zero-order valence-corrected chi connectivity index (χ0v) is 18.3. The Labute approximate surface area is 171 Å². The van der Waals surface area contributed by atoms with Gasteiger partial charge in [-0.05, 0) is 60.8 Å². The van der Waals surface area contributed by atoms with Crippen molar-refractivity contribution in [2.24, 2.45) is 0 Å². The fourth-order valence-electron chi connectivity index (χ4n) is 3.34. The number of carbonyl (C=O) groups is 1. The van der Waals surface area contributed by atoms with Gasteiger partial charge in [0.15, 0.2) is 5.82 Å². The van der Waals surface area contributed by atoms with Gasteiger partial charge in [-0.1, -0.05) is 44.7 Å². The second-order valence-electron chi connectivity index (χ2n) is 8.71. The highest BCUT2D eigenvalue weighted by Gasteiger charge is 2.30. The summed E-state index contributed by atoms with van der Waals surface area (Å²) in [6.45, 7) is 11.6. The number of nitrogens with two attached hydrogens (primary N) is 1. The third-order valence-electron chi connectivity index (χ3n) is 5.22.